The molecule has 1 nitrogen and oxygen atoms in total. The minimum Gasteiger partial charge on any atom is -0.310 e. The summed E-state index contributed by atoms with van der Waals surface area (Å²) in [5.41, 5.74) is 32.3. The van der Waals surface area contributed by atoms with Gasteiger partial charge in [0.25, 0.3) is 0 Å². The van der Waals surface area contributed by atoms with Gasteiger partial charge in [-0.15, -0.1) is 0 Å². The molecule has 1 heteroatoms. The van der Waals surface area contributed by atoms with Crippen LogP contribution in [0.15, 0.2) is 212 Å². The number of fused-ring (bicyclic) bond motifs is 19. The van der Waals surface area contributed by atoms with Gasteiger partial charge < -0.3 is 4.90 Å². The van der Waals surface area contributed by atoms with Gasteiger partial charge in [0, 0.05) is 33.3 Å². The van der Waals surface area contributed by atoms with Crippen LogP contribution in [0.2, 0.25) is 0 Å². The van der Waals surface area contributed by atoms with Gasteiger partial charge in [-0.2, -0.15) is 0 Å². The van der Waals surface area contributed by atoms with E-state index in [2.05, 4.69) is 259 Å². The van der Waals surface area contributed by atoms with Crippen LogP contribution in [0, 0.1) is 0 Å². The van der Waals surface area contributed by atoms with E-state index in [1.807, 2.05) is 0 Å². The smallest absolute Gasteiger partial charge is 0.0725 e. The van der Waals surface area contributed by atoms with Crippen LogP contribution in [-0.4, -0.2) is 0 Å². The zero-order valence-electron chi connectivity index (χ0n) is 41.2. The second-order valence-electron chi connectivity index (χ2n) is 22.4. The quantitative estimate of drug-likeness (QED) is 0.170. The summed E-state index contributed by atoms with van der Waals surface area (Å²) < 4.78 is 0. The van der Waals surface area contributed by atoms with Crippen molar-refractivity contribution >= 4 is 17.1 Å². The molecule has 0 N–H and O–H groups in total. The Hall–Kier alpha value is -8.00. The van der Waals surface area contributed by atoms with E-state index in [0.717, 1.165) is 0 Å². The Morgan fingerprint density at radius 3 is 0.859 bits per heavy atom. The molecule has 0 unspecified atom stereocenters. The Labute approximate surface area is 417 Å². The Kier molecular flexibility index (Phi) is 7.98. The molecule has 0 atom stereocenters. The average molecular weight is 908 g/mol. The molecule has 0 fully saturated rings. The summed E-state index contributed by atoms with van der Waals surface area (Å²) in [5, 5.41) is 0. The Morgan fingerprint density at radius 2 is 0.479 bits per heavy atom. The first kappa shape index (κ1) is 40.8. The number of hydrogen-bond donors (Lipinski definition) is 0. The van der Waals surface area contributed by atoms with Gasteiger partial charge in [-0.25, -0.2) is 0 Å². The van der Waals surface area contributed by atoms with E-state index in [9.17, 15) is 0 Å². The van der Waals surface area contributed by atoms with Crippen molar-refractivity contribution in [2.45, 2.75) is 63.2 Å². The van der Waals surface area contributed by atoms with Crippen molar-refractivity contribution < 1.29 is 0 Å². The van der Waals surface area contributed by atoms with E-state index in [0.29, 0.717) is 0 Å². The molecule has 1 spiro atoms. The Morgan fingerprint density at radius 1 is 0.225 bits per heavy atom. The van der Waals surface area contributed by atoms with Gasteiger partial charge in [-0.05, 0) is 171 Å². The van der Waals surface area contributed by atoms with Crippen LogP contribution < -0.4 is 4.90 Å². The van der Waals surface area contributed by atoms with E-state index in [1.165, 1.54) is 139 Å². The zero-order valence-corrected chi connectivity index (χ0v) is 41.2. The average Bonchev–Trinajstić information content (AvgIpc) is 4.09. The zero-order chi connectivity index (χ0) is 47.8. The van der Waals surface area contributed by atoms with Gasteiger partial charge in [0.05, 0.1) is 5.41 Å². The fourth-order valence-electron chi connectivity index (χ4n) is 14.4. The van der Waals surface area contributed by atoms with Crippen molar-refractivity contribution in [1.29, 1.82) is 0 Å². The van der Waals surface area contributed by atoms with Crippen molar-refractivity contribution in [3.05, 3.63) is 268 Å². The highest BCUT2D eigenvalue weighted by Crippen LogP contribution is 2.63. The van der Waals surface area contributed by atoms with Crippen molar-refractivity contribution in [3.63, 3.8) is 0 Å². The molecule has 0 saturated heterocycles. The summed E-state index contributed by atoms with van der Waals surface area (Å²) >= 11 is 0. The predicted molar refractivity (Wildman–Crippen MR) is 296 cm³/mol. The second kappa shape index (κ2) is 13.9. The third-order valence-corrected chi connectivity index (χ3v) is 17.9. The summed E-state index contributed by atoms with van der Waals surface area (Å²) in [6.07, 6.45) is 0. The number of nitrogens with zero attached hydrogens (tertiary/aromatic N) is 1. The summed E-state index contributed by atoms with van der Waals surface area (Å²) in [7, 11) is 0. The van der Waals surface area contributed by atoms with Crippen LogP contribution >= 0.6 is 0 Å². The Balaban J connectivity index is 0.861. The lowest BCUT2D eigenvalue weighted by molar-refractivity contribution is 0.659. The van der Waals surface area contributed by atoms with Gasteiger partial charge in [0.2, 0.25) is 0 Å². The van der Waals surface area contributed by atoms with Crippen LogP contribution in [-0.2, 0) is 21.7 Å². The lowest BCUT2D eigenvalue weighted by Crippen LogP contribution is -2.25. The predicted octanol–water partition coefficient (Wildman–Crippen LogP) is 18.1. The molecular weight excluding hydrogens is 855 g/mol. The topological polar surface area (TPSA) is 3.24 Å². The number of rotatable bonds is 4. The third-order valence-electron chi connectivity index (χ3n) is 17.9. The minimum atomic E-state index is -0.374. The first-order valence-corrected chi connectivity index (χ1v) is 25.5. The normalized spacial score (nSPS) is 16.2. The first-order chi connectivity index (χ1) is 34.5. The van der Waals surface area contributed by atoms with Crippen LogP contribution in [0.5, 0.6) is 0 Å². The molecule has 0 aliphatic heterocycles. The number of benzene rings is 10. The van der Waals surface area contributed by atoms with E-state index < -0.39 is 0 Å². The fourth-order valence-corrected chi connectivity index (χ4v) is 14.4. The maximum Gasteiger partial charge on any atom is 0.0725 e. The number of hydrogen-bond acceptors (Lipinski definition) is 1. The maximum absolute atomic E-state index is 2.53. The highest BCUT2D eigenvalue weighted by molar-refractivity contribution is 5.97. The lowest BCUT2D eigenvalue weighted by Gasteiger charge is -2.31. The Bertz CT molecular complexity index is 3820. The van der Waals surface area contributed by atoms with Gasteiger partial charge in [-0.1, -0.05) is 205 Å². The van der Waals surface area contributed by atoms with E-state index in [1.54, 1.807) is 0 Å². The van der Waals surface area contributed by atoms with Gasteiger partial charge in [0.1, 0.15) is 0 Å². The molecule has 0 heterocycles. The summed E-state index contributed by atoms with van der Waals surface area (Å²) in [6, 6.07) is 81.5. The fraction of sp³-hybridized carbons (Fsp3) is 0.143. The molecule has 5 aliphatic rings. The molecule has 0 amide bonds. The van der Waals surface area contributed by atoms with Crippen molar-refractivity contribution in [2.75, 3.05) is 4.90 Å². The van der Waals surface area contributed by atoms with Crippen LogP contribution in [0.4, 0.5) is 17.1 Å². The minimum absolute atomic E-state index is 0.121. The van der Waals surface area contributed by atoms with Crippen LogP contribution in [0.1, 0.15) is 97.2 Å². The van der Waals surface area contributed by atoms with Crippen LogP contribution in [0.3, 0.4) is 0 Å². The van der Waals surface area contributed by atoms with Gasteiger partial charge in [0.15, 0.2) is 0 Å². The monoisotopic (exact) mass is 907 g/mol. The van der Waals surface area contributed by atoms with Crippen molar-refractivity contribution in [1.82, 2.24) is 0 Å². The molecule has 10 aromatic rings. The van der Waals surface area contributed by atoms with E-state index in [4.69, 9.17) is 0 Å². The maximum atomic E-state index is 2.53. The molecule has 0 aromatic heterocycles. The molecule has 338 valence electrons. The summed E-state index contributed by atoms with van der Waals surface area (Å²) in [4.78, 5) is 2.53. The highest BCUT2D eigenvalue weighted by atomic mass is 15.1. The molecule has 0 bridgehead atoms. The van der Waals surface area contributed by atoms with E-state index >= 15 is 0 Å². The SMILES string of the molecule is CC1(C)c2ccccc2-c2ccc(N(c3ccc4c(c3)C(C)(C)c3ccccc3-4)c3ccc4c(c3)C(C)(C)c3cc(-c5ccc6c(c5)C5(c7ccccc7-c7ccccc75)c5ccccc5-6)ccc3-4)cc21. The lowest BCUT2D eigenvalue weighted by atomic mass is 9.70. The third kappa shape index (κ3) is 5.16. The molecule has 10 aromatic carbocycles. The summed E-state index contributed by atoms with van der Waals surface area (Å²) in [6.45, 7) is 14.4. The molecule has 15 rings (SSSR count). The van der Waals surface area contributed by atoms with E-state index in [-0.39, 0.29) is 21.7 Å². The van der Waals surface area contributed by atoms with Crippen molar-refractivity contribution in [3.8, 4) is 66.8 Å². The molecule has 5 aliphatic carbocycles. The van der Waals surface area contributed by atoms with Crippen LogP contribution in [0.25, 0.3) is 66.8 Å². The molecule has 0 saturated carbocycles. The first-order valence-electron chi connectivity index (χ1n) is 25.5. The molecule has 71 heavy (non-hydrogen) atoms. The summed E-state index contributed by atoms with van der Waals surface area (Å²) in [5.74, 6) is 0. The van der Waals surface area contributed by atoms with Gasteiger partial charge >= 0.3 is 0 Å². The largest absolute Gasteiger partial charge is 0.310 e. The standard InChI is InChI=1S/C70H53N/c1-67(2)57-22-12-7-17-47(57)53-34-29-44(39-63(53)67)71(45-30-35-54-48-18-8-13-23-58(48)68(3,4)64(54)40-45)46-31-36-55-52-32-27-42(37-62(52)69(5,6)65(55)41-46)43-28-33-56-51-21-11-16-26-61(51)70(66(56)38-43)59-24-14-9-19-49(59)50-20-10-15-25-60(50)70/h7-41H,1-6H3. The molecule has 0 radical (unpaired) electrons. The highest BCUT2D eigenvalue weighted by Gasteiger charge is 2.51. The molecular formula is C70H53N. The number of anilines is 3. The van der Waals surface area contributed by atoms with Gasteiger partial charge in [-0.3, -0.25) is 0 Å². The second-order valence-corrected chi connectivity index (χ2v) is 22.4. The van der Waals surface area contributed by atoms with Crippen molar-refractivity contribution in [2.24, 2.45) is 0 Å².